The van der Waals surface area contributed by atoms with Crippen molar-refractivity contribution < 1.29 is 8.42 Å². The minimum atomic E-state index is -3.47. The highest BCUT2D eigenvalue weighted by molar-refractivity contribution is 7.94. The molecule has 86 valence electrons. The summed E-state index contributed by atoms with van der Waals surface area (Å²) >= 11 is 1.18. The lowest BCUT2D eigenvalue weighted by molar-refractivity contribution is 0.602. The van der Waals surface area contributed by atoms with Gasteiger partial charge in [0.2, 0.25) is 0 Å². The molecule has 1 N–H and O–H groups in total. The maximum Gasteiger partial charge on any atom is 0.272 e. The van der Waals surface area contributed by atoms with E-state index in [-0.39, 0.29) is 0 Å². The Hall–Kier alpha value is -1.34. The molecular formula is C9H11N3O2S2. The van der Waals surface area contributed by atoms with Crippen LogP contribution in [0.25, 0.3) is 0 Å². The predicted molar refractivity (Wildman–Crippen MR) is 63.0 cm³/mol. The molecule has 0 aliphatic carbocycles. The van der Waals surface area contributed by atoms with Gasteiger partial charge in [0.25, 0.3) is 10.0 Å². The molecule has 0 spiro atoms. The van der Waals surface area contributed by atoms with E-state index in [9.17, 15) is 8.42 Å². The topological polar surface area (TPSA) is 64.0 Å². The van der Waals surface area contributed by atoms with Gasteiger partial charge in [-0.15, -0.1) is 11.3 Å². The van der Waals surface area contributed by atoms with E-state index in [1.165, 1.54) is 11.3 Å². The standard InChI is InChI=1S/C9H11N3O2S2/c1-2-12-6-5-8(10-12)11-16(13,14)9-4-3-7-15-9/h3-7H,2H2,1H3,(H,10,11). The summed E-state index contributed by atoms with van der Waals surface area (Å²) in [6, 6.07) is 4.89. The lowest BCUT2D eigenvalue weighted by Crippen LogP contribution is -2.12. The number of hydrogen-bond donors (Lipinski definition) is 1. The highest BCUT2D eigenvalue weighted by atomic mass is 32.2. The molecule has 2 aromatic rings. The first-order valence-corrected chi connectivity index (χ1v) is 7.08. The van der Waals surface area contributed by atoms with Crippen molar-refractivity contribution in [1.29, 1.82) is 0 Å². The fraction of sp³-hybridized carbons (Fsp3) is 0.222. The molecule has 0 radical (unpaired) electrons. The van der Waals surface area contributed by atoms with Gasteiger partial charge in [-0.05, 0) is 18.4 Å². The van der Waals surface area contributed by atoms with Crippen LogP contribution in [0.2, 0.25) is 0 Å². The summed E-state index contributed by atoms with van der Waals surface area (Å²) in [4.78, 5) is 0. The molecule has 2 rings (SSSR count). The minimum absolute atomic E-state index is 0.290. The zero-order chi connectivity index (χ0) is 11.6. The highest BCUT2D eigenvalue weighted by Gasteiger charge is 2.16. The SMILES string of the molecule is CCn1ccc(NS(=O)(=O)c2cccs2)n1. The van der Waals surface area contributed by atoms with Crippen molar-refractivity contribution in [3.63, 3.8) is 0 Å². The van der Waals surface area contributed by atoms with E-state index < -0.39 is 10.0 Å². The van der Waals surface area contributed by atoms with Gasteiger partial charge < -0.3 is 0 Å². The Labute approximate surface area is 97.8 Å². The molecule has 0 amide bonds. The normalized spacial score (nSPS) is 11.6. The van der Waals surface area contributed by atoms with E-state index in [1.54, 1.807) is 34.5 Å². The Morgan fingerprint density at radius 3 is 2.88 bits per heavy atom. The highest BCUT2D eigenvalue weighted by Crippen LogP contribution is 2.18. The number of aromatic nitrogens is 2. The molecule has 7 heteroatoms. The summed E-state index contributed by atoms with van der Waals surface area (Å²) in [5, 5.41) is 5.78. The van der Waals surface area contributed by atoms with Crippen LogP contribution in [-0.2, 0) is 16.6 Å². The second-order valence-corrected chi connectivity index (χ2v) is 5.95. The number of hydrogen-bond acceptors (Lipinski definition) is 4. The van der Waals surface area contributed by atoms with Crippen LogP contribution in [0.3, 0.4) is 0 Å². The fourth-order valence-electron chi connectivity index (χ4n) is 1.20. The second-order valence-electron chi connectivity index (χ2n) is 3.09. The maximum absolute atomic E-state index is 11.8. The van der Waals surface area contributed by atoms with Crippen LogP contribution in [-0.4, -0.2) is 18.2 Å². The van der Waals surface area contributed by atoms with Crippen LogP contribution in [0.4, 0.5) is 5.82 Å². The smallest absolute Gasteiger partial charge is 0.271 e. The molecule has 5 nitrogen and oxygen atoms in total. The number of sulfonamides is 1. The third-order valence-electron chi connectivity index (χ3n) is 1.96. The van der Waals surface area contributed by atoms with Gasteiger partial charge in [-0.3, -0.25) is 9.40 Å². The molecule has 0 saturated carbocycles. The van der Waals surface area contributed by atoms with Gasteiger partial charge in [0.05, 0.1) is 0 Å². The lowest BCUT2D eigenvalue weighted by atomic mass is 10.7. The molecule has 0 atom stereocenters. The van der Waals surface area contributed by atoms with Gasteiger partial charge >= 0.3 is 0 Å². The molecule has 0 aromatic carbocycles. The van der Waals surface area contributed by atoms with Crippen LogP contribution in [0.1, 0.15) is 6.92 Å². The Balaban J connectivity index is 2.21. The first kappa shape index (κ1) is 11.2. The average Bonchev–Trinajstić information content (AvgIpc) is 2.86. The van der Waals surface area contributed by atoms with E-state index in [0.717, 1.165) is 0 Å². The van der Waals surface area contributed by atoms with E-state index >= 15 is 0 Å². The van der Waals surface area contributed by atoms with E-state index in [0.29, 0.717) is 16.6 Å². The first-order chi connectivity index (χ1) is 7.62. The largest absolute Gasteiger partial charge is 0.272 e. The van der Waals surface area contributed by atoms with Gasteiger partial charge in [-0.1, -0.05) is 6.07 Å². The molecule has 0 fully saturated rings. The predicted octanol–water partition coefficient (Wildman–Crippen LogP) is 1.77. The molecule has 2 heterocycles. The Kier molecular flexibility index (Phi) is 2.97. The van der Waals surface area contributed by atoms with Crippen molar-refractivity contribution in [3.05, 3.63) is 29.8 Å². The van der Waals surface area contributed by atoms with Crippen LogP contribution in [0.15, 0.2) is 34.0 Å². The molecular weight excluding hydrogens is 246 g/mol. The van der Waals surface area contributed by atoms with Crippen molar-refractivity contribution in [2.24, 2.45) is 0 Å². The van der Waals surface area contributed by atoms with Gasteiger partial charge in [-0.2, -0.15) is 5.10 Å². The Bertz CT molecular complexity index is 557. The summed E-state index contributed by atoms with van der Waals surface area (Å²) in [5.41, 5.74) is 0. The second kappa shape index (κ2) is 4.26. The third kappa shape index (κ3) is 2.25. The molecule has 0 aliphatic heterocycles. The van der Waals surface area contributed by atoms with Crippen LogP contribution >= 0.6 is 11.3 Å². The minimum Gasteiger partial charge on any atom is -0.271 e. The third-order valence-corrected chi connectivity index (χ3v) is 4.72. The first-order valence-electron chi connectivity index (χ1n) is 4.71. The number of rotatable bonds is 4. The van der Waals surface area contributed by atoms with Crippen LogP contribution in [0.5, 0.6) is 0 Å². The lowest BCUT2D eigenvalue weighted by Gasteiger charge is -2.01. The van der Waals surface area contributed by atoms with Gasteiger partial charge in [0.1, 0.15) is 4.21 Å². The summed E-state index contributed by atoms with van der Waals surface area (Å²) in [5.74, 6) is 0.343. The monoisotopic (exact) mass is 257 g/mol. The summed E-state index contributed by atoms with van der Waals surface area (Å²) in [6.45, 7) is 2.64. The average molecular weight is 257 g/mol. The molecule has 0 bridgehead atoms. The van der Waals surface area contributed by atoms with E-state index in [2.05, 4.69) is 9.82 Å². The van der Waals surface area contributed by atoms with E-state index in [4.69, 9.17) is 0 Å². The zero-order valence-corrected chi connectivity index (χ0v) is 10.3. The molecule has 16 heavy (non-hydrogen) atoms. The quantitative estimate of drug-likeness (QED) is 0.907. The number of thiophene rings is 1. The van der Waals surface area contributed by atoms with Gasteiger partial charge in [0.15, 0.2) is 5.82 Å². The number of aryl methyl sites for hydroxylation is 1. The van der Waals surface area contributed by atoms with Crippen LogP contribution < -0.4 is 4.72 Å². The van der Waals surface area contributed by atoms with Crippen molar-refractivity contribution in [3.8, 4) is 0 Å². The molecule has 0 unspecified atom stereocenters. The Morgan fingerprint density at radius 2 is 2.31 bits per heavy atom. The summed E-state index contributed by atoms with van der Waals surface area (Å²) in [7, 11) is -3.47. The molecule has 2 aromatic heterocycles. The fourth-order valence-corrected chi connectivity index (χ4v) is 3.19. The van der Waals surface area contributed by atoms with Crippen molar-refractivity contribution in [2.75, 3.05) is 4.72 Å². The Morgan fingerprint density at radius 1 is 1.50 bits per heavy atom. The summed E-state index contributed by atoms with van der Waals surface area (Å²) in [6.07, 6.45) is 1.73. The van der Waals surface area contributed by atoms with E-state index in [1.807, 2.05) is 6.92 Å². The number of nitrogens with one attached hydrogen (secondary N) is 1. The number of nitrogens with zero attached hydrogens (tertiary/aromatic N) is 2. The maximum atomic E-state index is 11.8. The van der Waals surface area contributed by atoms with Crippen LogP contribution in [0, 0.1) is 0 Å². The van der Waals surface area contributed by atoms with Crippen molar-refractivity contribution in [2.45, 2.75) is 17.7 Å². The molecule has 0 saturated heterocycles. The number of anilines is 1. The van der Waals surface area contributed by atoms with Gasteiger partial charge in [0, 0.05) is 18.8 Å². The molecule has 0 aliphatic rings. The van der Waals surface area contributed by atoms with Crippen molar-refractivity contribution >= 4 is 27.2 Å². The van der Waals surface area contributed by atoms with Gasteiger partial charge in [-0.25, -0.2) is 8.42 Å². The van der Waals surface area contributed by atoms with Crippen molar-refractivity contribution in [1.82, 2.24) is 9.78 Å². The summed E-state index contributed by atoms with van der Waals surface area (Å²) < 4.78 is 28.0. The zero-order valence-electron chi connectivity index (χ0n) is 8.62.